The normalized spacial score (nSPS) is 10.9. The summed E-state index contributed by atoms with van der Waals surface area (Å²) in [5.74, 6) is 0. The number of rotatable bonds is 1. The van der Waals surface area contributed by atoms with Gasteiger partial charge in [0.1, 0.15) is 5.65 Å². The lowest BCUT2D eigenvalue weighted by molar-refractivity contribution is 1.33. The molecule has 17 heavy (non-hydrogen) atoms. The van der Waals surface area contributed by atoms with Crippen LogP contribution in [0.3, 0.4) is 0 Å². The number of pyridine rings is 1. The summed E-state index contributed by atoms with van der Waals surface area (Å²) in [5.41, 5.74) is 9.34. The summed E-state index contributed by atoms with van der Waals surface area (Å²) in [6, 6.07) is 9.71. The number of anilines is 1. The molecule has 0 atom stereocenters. The van der Waals surface area contributed by atoms with Crippen LogP contribution in [0.15, 0.2) is 42.7 Å². The van der Waals surface area contributed by atoms with E-state index in [1.54, 1.807) is 6.20 Å². The predicted octanol–water partition coefficient (Wildman–Crippen LogP) is 3.47. The number of benzene rings is 1. The Morgan fingerprint density at radius 1 is 1.18 bits per heavy atom. The second kappa shape index (κ2) is 3.79. The van der Waals surface area contributed by atoms with Crippen molar-refractivity contribution in [1.82, 2.24) is 9.97 Å². The molecule has 0 spiro atoms. The minimum atomic E-state index is 0.679. The van der Waals surface area contributed by atoms with Crippen LogP contribution in [-0.4, -0.2) is 9.97 Å². The Hall–Kier alpha value is -2.00. The van der Waals surface area contributed by atoms with Crippen LogP contribution >= 0.6 is 11.6 Å². The molecule has 0 saturated heterocycles. The average molecular weight is 244 g/mol. The molecule has 2 aromatic heterocycles. The SMILES string of the molecule is Nc1cccc(-c2cnc3[nH]cc(Cl)c3c2)c1. The van der Waals surface area contributed by atoms with Crippen LogP contribution in [0, 0.1) is 0 Å². The van der Waals surface area contributed by atoms with Gasteiger partial charge in [-0.3, -0.25) is 0 Å². The number of fused-ring (bicyclic) bond motifs is 1. The van der Waals surface area contributed by atoms with Gasteiger partial charge in [-0.15, -0.1) is 0 Å². The summed E-state index contributed by atoms with van der Waals surface area (Å²) in [7, 11) is 0. The van der Waals surface area contributed by atoms with Gasteiger partial charge in [0.15, 0.2) is 0 Å². The molecule has 0 amide bonds. The Labute approximate surface area is 103 Å². The second-order valence-corrected chi connectivity index (χ2v) is 4.29. The number of nitrogens with one attached hydrogen (secondary N) is 1. The zero-order valence-corrected chi connectivity index (χ0v) is 9.70. The van der Waals surface area contributed by atoms with Crippen molar-refractivity contribution in [2.45, 2.75) is 0 Å². The average Bonchev–Trinajstić information content (AvgIpc) is 2.71. The minimum Gasteiger partial charge on any atom is -0.399 e. The molecule has 0 saturated carbocycles. The number of H-pyrrole nitrogens is 1. The smallest absolute Gasteiger partial charge is 0.138 e. The lowest BCUT2D eigenvalue weighted by Gasteiger charge is -2.02. The van der Waals surface area contributed by atoms with Crippen molar-refractivity contribution in [3.8, 4) is 11.1 Å². The van der Waals surface area contributed by atoms with Gasteiger partial charge < -0.3 is 10.7 Å². The zero-order chi connectivity index (χ0) is 11.8. The molecule has 0 radical (unpaired) electrons. The summed E-state index contributed by atoms with van der Waals surface area (Å²) in [6.45, 7) is 0. The van der Waals surface area contributed by atoms with E-state index in [2.05, 4.69) is 9.97 Å². The largest absolute Gasteiger partial charge is 0.399 e. The summed E-state index contributed by atoms with van der Waals surface area (Å²) in [5, 5.41) is 1.60. The monoisotopic (exact) mass is 243 g/mol. The molecule has 1 aromatic carbocycles. The highest BCUT2D eigenvalue weighted by molar-refractivity contribution is 6.35. The van der Waals surface area contributed by atoms with E-state index in [0.717, 1.165) is 27.8 Å². The highest BCUT2D eigenvalue weighted by Gasteiger charge is 2.05. The van der Waals surface area contributed by atoms with E-state index in [9.17, 15) is 0 Å². The number of hydrogen-bond acceptors (Lipinski definition) is 2. The summed E-state index contributed by atoms with van der Waals surface area (Å²) in [4.78, 5) is 7.34. The van der Waals surface area contributed by atoms with Crippen molar-refractivity contribution in [2.75, 3.05) is 5.73 Å². The Morgan fingerprint density at radius 2 is 2.06 bits per heavy atom. The number of nitrogens with zero attached hydrogens (tertiary/aromatic N) is 1. The molecule has 0 bridgehead atoms. The van der Waals surface area contributed by atoms with E-state index in [1.165, 1.54) is 0 Å². The van der Waals surface area contributed by atoms with Crippen LogP contribution in [-0.2, 0) is 0 Å². The maximum absolute atomic E-state index is 6.07. The molecule has 4 heteroatoms. The van der Waals surface area contributed by atoms with E-state index >= 15 is 0 Å². The van der Waals surface area contributed by atoms with Crippen molar-refractivity contribution in [2.24, 2.45) is 0 Å². The van der Waals surface area contributed by atoms with E-state index in [1.807, 2.05) is 36.5 Å². The van der Waals surface area contributed by atoms with E-state index in [-0.39, 0.29) is 0 Å². The third kappa shape index (κ3) is 1.74. The molecule has 0 fully saturated rings. The lowest BCUT2D eigenvalue weighted by Crippen LogP contribution is -1.86. The molecule has 3 N–H and O–H groups in total. The number of aromatic nitrogens is 2. The summed E-state index contributed by atoms with van der Waals surface area (Å²) >= 11 is 6.07. The molecule has 0 aliphatic rings. The van der Waals surface area contributed by atoms with Crippen molar-refractivity contribution in [1.29, 1.82) is 0 Å². The molecular weight excluding hydrogens is 234 g/mol. The van der Waals surface area contributed by atoms with Gasteiger partial charge in [-0.1, -0.05) is 23.7 Å². The predicted molar refractivity (Wildman–Crippen MR) is 71.0 cm³/mol. The van der Waals surface area contributed by atoms with Crippen LogP contribution < -0.4 is 5.73 Å². The highest BCUT2D eigenvalue weighted by Crippen LogP contribution is 2.27. The van der Waals surface area contributed by atoms with Gasteiger partial charge in [-0.2, -0.15) is 0 Å². The molecule has 3 nitrogen and oxygen atoms in total. The van der Waals surface area contributed by atoms with Crippen LogP contribution in [0.25, 0.3) is 22.2 Å². The molecule has 0 aliphatic carbocycles. The Bertz CT molecular complexity index is 688. The Morgan fingerprint density at radius 3 is 2.88 bits per heavy atom. The Balaban J connectivity index is 2.20. The maximum Gasteiger partial charge on any atom is 0.138 e. The first kappa shape index (κ1) is 10.2. The molecule has 2 heterocycles. The minimum absolute atomic E-state index is 0.679. The molecule has 0 unspecified atom stereocenters. The third-order valence-electron chi connectivity index (χ3n) is 2.70. The van der Waals surface area contributed by atoms with Crippen LogP contribution in [0.5, 0.6) is 0 Å². The fraction of sp³-hybridized carbons (Fsp3) is 0. The first-order valence-electron chi connectivity index (χ1n) is 5.22. The van der Waals surface area contributed by atoms with Crippen molar-refractivity contribution in [3.63, 3.8) is 0 Å². The van der Waals surface area contributed by atoms with Gasteiger partial charge in [0.2, 0.25) is 0 Å². The topological polar surface area (TPSA) is 54.7 Å². The lowest BCUT2D eigenvalue weighted by atomic mass is 10.1. The highest BCUT2D eigenvalue weighted by atomic mass is 35.5. The van der Waals surface area contributed by atoms with Crippen LogP contribution in [0.4, 0.5) is 5.69 Å². The fourth-order valence-electron chi connectivity index (χ4n) is 1.85. The number of halogens is 1. The first-order chi connectivity index (χ1) is 8.24. The van der Waals surface area contributed by atoms with Gasteiger partial charge in [0.05, 0.1) is 5.02 Å². The van der Waals surface area contributed by atoms with Crippen molar-refractivity contribution >= 4 is 28.3 Å². The van der Waals surface area contributed by atoms with E-state index in [4.69, 9.17) is 17.3 Å². The van der Waals surface area contributed by atoms with Gasteiger partial charge in [0, 0.05) is 29.0 Å². The van der Waals surface area contributed by atoms with Gasteiger partial charge >= 0.3 is 0 Å². The maximum atomic E-state index is 6.07. The van der Waals surface area contributed by atoms with Gasteiger partial charge in [-0.05, 0) is 23.8 Å². The fourth-order valence-corrected chi connectivity index (χ4v) is 2.05. The number of hydrogen-bond donors (Lipinski definition) is 2. The number of nitrogens with two attached hydrogens (primary N) is 1. The van der Waals surface area contributed by atoms with Crippen LogP contribution in [0.1, 0.15) is 0 Å². The van der Waals surface area contributed by atoms with Gasteiger partial charge in [0.25, 0.3) is 0 Å². The molecular formula is C13H10ClN3. The second-order valence-electron chi connectivity index (χ2n) is 3.88. The number of nitrogen functional groups attached to an aromatic ring is 1. The van der Waals surface area contributed by atoms with Gasteiger partial charge in [-0.25, -0.2) is 4.98 Å². The van der Waals surface area contributed by atoms with E-state index < -0.39 is 0 Å². The molecule has 3 rings (SSSR count). The molecule has 0 aliphatic heterocycles. The van der Waals surface area contributed by atoms with Crippen molar-refractivity contribution in [3.05, 3.63) is 47.7 Å². The first-order valence-corrected chi connectivity index (χ1v) is 5.60. The molecule has 84 valence electrons. The molecule has 3 aromatic rings. The van der Waals surface area contributed by atoms with E-state index in [0.29, 0.717) is 5.02 Å². The van der Waals surface area contributed by atoms with Crippen LogP contribution in [0.2, 0.25) is 5.02 Å². The summed E-state index contributed by atoms with van der Waals surface area (Å²) in [6.07, 6.45) is 3.55. The number of aromatic amines is 1. The third-order valence-corrected chi connectivity index (χ3v) is 3.01. The summed E-state index contributed by atoms with van der Waals surface area (Å²) < 4.78 is 0. The van der Waals surface area contributed by atoms with Crippen molar-refractivity contribution < 1.29 is 0 Å². The standard InChI is InChI=1S/C13H10ClN3/c14-12-7-17-13-11(12)5-9(6-16-13)8-2-1-3-10(15)4-8/h1-7H,15H2,(H,16,17). The Kier molecular flexibility index (Phi) is 2.27. The zero-order valence-electron chi connectivity index (χ0n) is 8.94. The quantitative estimate of drug-likeness (QED) is 0.643.